The summed E-state index contributed by atoms with van der Waals surface area (Å²) in [4.78, 5) is 3.86. The van der Waals surface area contributed by atoms with Crippen LogP contribution in [0.4, 0.5) is 0 Å². The van der Waals surface area contributed by atoms with Crippen molar-refractivity contribution in [3.8, 4) is 6.07 Å². The Kier molecular flexibility index (Phi) is 1.85. The predicted octanol–water partition coefficient (Wildman–Crippen LogP) is 0.748. The molecule has 1 aliphatic heterocycles. The molecule has 0 aromatic carbocycles. The van der Waals surface area contributed by atoms with E-state index >= 15 is 0 Å². The van der Waals surface area contributed by atoms with E-state index in [1.54, 1.807) is 6.21 Å². The molecule has 0 aromatic rings. The molecule has 1 heterocycles. The number of hydrogen-bond donors (Lipinski definition) is 1. The van der Waals surface area contributed by atoms with Gasteiger partial charge in [0.25, 0.3) is 0 Å². The number of rotatable bonds is 0. The summed E-state index contributed by atoms with van der Waals surface area (Å²) in [7, 11) is 0. The lowest BCUT2D eigenvalue weighted by Crippen LogP contribution is -2.17. The van der Waals surface area contributed by atoms with Crippen LogP contribution in [0.15, 0.2) is 15.2 Å². The summed E-state index contributed by atoms with van der Waals surface area (Å²) < 4.78 is 0.719. The van der Waals surface area contributed by atoms with Crippen LogP contribution >= 0.6 is 15.9 Å². The van der Waals surface area contributed by atoms with Gasteiger partial charge >= 0.3 is 0 Å². The van der Waals surface area contributed by atoms with Gasteiger partial charge in [0.15, 0.2) is 0 Å². The fourth-order valence-electron chi connectivity index (χ4n) is 0.492. The first kappa shape index (κ1) is 6.30. The van der Waals surface area contributed by atoms with E-state index in [2.05, 4.69) is 26.2 Å². The highest BCUT2D eigenvalue weighted by atomic mass is 79.9. The number of aliphatic imine (C=N–C) groups is 1. The molecule has 0 atom stereocenters. The van der Waals surface area contributed by atoms with Crippen LogP contribution in [0.3, 0.4) is 0 Å². The molecule has 0 radical (unpaired) electrons. The minimum Gasteiger partial charge on any atom is -0.357 e. The van der Waals surface area contributed by atoms with Crippen LogP contribution in [0, 0.1) is 11.3 Å². The summed E-state index contributed by atoms with van der Waals surface area (Å²) in [5.41, 5.74) is 0.546. The second kappa shape index (κ2) is 2.65. The van der Waals surface area contributed by atoms with Gasteiger partial charge in [0.1, 0.15) is 18.4 Å². The van der Waals surface area contributed by atoms with Crippen LogP contribution in [0.5, 0.6) is 0 Å². The third-order valence-corrected chi connectivity index (χ3v) is 1.50. The quantitative estimate of drug-likeness (QED) is 0.606. The third-order valence-electron chi connectivity index (χ3n) is 0.902. The monoisotopic (exact) mass is 185 g/mol. The Hall–Kier alpha value is -0.820. The largest absolute Gasteiger partial charge is 0.357 e. The molecule has 1 rings (SSSR count). The second-order valence-corrected chi connectivity index (χ2v) is 2.34. The van der Waals surface area contributed by atoms with Gasteiger partial charge in [-0.15, -0.1) is 0 Å². The molecule has 0 bridgehead atoms. The Bertz CT molecular complexity index is 211. The van der Waals surface area contributed by atoms with Crippen molar-refractivity contribution < 1.29 is 0 Å². The number of halogens is 1. The molecule has 0 fully saturated rings. The normalized spacial score (nSPS) is 16.9. The lowest BCUT2D eigenvalue weighted by molar-refractivity contribution is 0.844. The molecule has 0 unspecified atom stereocenters. The van der Waals surface area contributed by atoms with Crippen molar-refractivity contribution in [3.05, 3.63) is 10.2 Å². The maximum Gasteiger partial charge on any atom is 0.130 e. The van der Waals surface area contributed by atoms with Crippen molar-refractivity contribution in [2.24, 2.45) is 4.99 Å². The number of nitrogens with one attached hydrogen (secondary N) is 1. The van der Waals surface area contributed by atoms with Crippen LogP contribution in [0.25, 0.3) is 0 Å². The van der Waals surface area contributed by atoms with Crippen molar-refractivity contribution >= 4 is 22.1 Å². The average Bonchev–Trinajstić information content (AvgIpc) is 1.89. The van der Waals surface area contributed by atoms with E-state index in [0.717, 1.165) is 4.48 Å². The number of nitrogens with zero attached hydrogens (tertiary/aromatic N) is 2. The van der Waals surface area contributed by atoms with E-state index < -0.39 is 0 Å². The van der Waals surface area contributed by atoms with Crippen molar-refractivity contribution in [2.75, 3.05) is 6.67 Å². The maximum absolute atomic E-state index is 8.40. The molecule has 0 saturated heterocycles. The van der Waals surface area contributed by atoms with Crippen LogP contribution in [-0.2, 0) is 0 Å². The summed E-state index contributed by atoms with van der Waals surface area (Å²) in [6, 6.07) is 1.98. The van der Waals surface area contributed by atoms with Gasteiger partial charge in [0.05, 0.1) is 4.48 Å². The van der Waals surface area contributed by atoms with E-state index in [-0.39, 0.29) is 0 Å². The van der Waals surface area contributed by atoms with Crippen LogP contribution < -0.4 is 5.32 Å². The van der Waals surface area contributed by atoms with Gasteiger partial charge in [-0.05, 0) is 15.9 Å². The van der Waals surface area contributed by atoms with Crippen molar-refractivity contribution in [2.45, 2.75) is 0 Å². The van der Waals surface area contributed by atoms with Gasteiger partial charge in [0, 0.05) is 6.21 Å². The summed E-state index contributed by atoms with van der Waals surface area (Å²) >= 11 is 3.16. The molecule has 0 aromatic heterocycles. The molecular formula is C5H4BrN3. The van der Waals surface area contributed by atoms with E-state index in [0.29, 0.717) is 12.4 Å². The first-order valence-corrected chi connectivity index (χ1v) is 3.17. The summed E-state index contributed by atoms with van der Waals surface area (Å²) in [5.74, 6) is 0. The second-order valence-electron chi connectivity index (χ2n) is 1.48. The van der Waals surface area contributed by atoms with Crippen molar-refractivity contribution in [1.82, 2.24) is 5.32 Å². The average molecular weight is 186 g/mol. The van der Waals surface area contributed by atoms with Crippen LogP contribution in [0.1, 0.15) is 0 Å². The first-order chi connectivity index (χ1) is 4.34. The van der Waals surface area contributed by atoms with Gasteiger partial charge < -0.3 is 5.32 Å². The topological polar surface area (TPSA) is 48.2 Å². The van der Waals surface area contributed by atoms with Gasteiger partial charge in [-0.2, -0.15) is 5.26 Å². The zero-order valence-corrected chi connectivity index (χ0v) is 6.14. The molecular weight excluding hydrogens is 182 g/mol. The number of hydrogen-bond acceptors (Lipinski definition) is 3. The van der Waals surface area contributed by atoms with E-state index in [1.165, 1.54) is 0 Å². The third kappa shape index (κ3) is 1.30. The van der Waals surface area contributed by atoms with Crippen LogP contribution in [-0.4, -0.2) is 12.9 Å². The predicted molar refractivity (Wildman–Crippen MR) is 38.1 cm³/mol. The minimum atomic E-state index is 0.498. The zero-order valence-electron chi connectivity index (χ0n) is 4.56. The molecule has 0 saturated carbocycles. The molecule has 1 N–H and O–H groups in total. The smallest absolute Gasteiger partial charge is 0.130 e. The zero-order chi connectivity index (χ0) is 6.69. The SMILES string of the molecule is N#CC1=C(Br)C=NCN1. The van der Waals surface area contributed by atoms with Gasteiger partial charge in [0.2, 0.25) is 0 Å². The molecule has 4 heteroatoms. The highest BCUT2D eigenvalue weighted by Gasteiger charge is 2.02. The lowest BCUT2D eigenvalue weighted by Gasteiger charge is -2.05. The Labute approximate surface area is 61.2 Å². The van der Waals surface area contributed by atoms with E-state index in [9.17, 15) is 0 Å². The molecule has 1 aliphatic rings. The van der Waals surface area contributed by atoms with E-state index in [1.807, 2.05) is 6.07 Å². The van der Waals surface area contributed by atoms with Crippen molar-refractivity contribution in [1.29, 1.82) is 5.26 Å². The molecule has 46 valence electrons. The Morgan fingerprint density at radius 2 is 2.67 bits per heavy atom. The van der Waals surface area contributed by atoms with Gasteiger partial charge in [-0.1, -0.05) is 0 Å². The maximum atomic E-state index is 8.40. The molecule has 3 nitrogen and oxygen atoms in total. The lowest BCUT2D eigenvalue weighted by atomic mass is 10.4. The Morgan fingerprint density at radius 3 is 3.11 bits per heavy atom. The summed E-state index contributed by atoms with van der Waals surface area (Å²) in [5, 5.41) is 11.2. The fourth-order valence-corrected chi connectivity index (χ4v) is 0.866. The number of nitriles is 1. The highest BCUT2D eigenvalue weighted by molar-refractivity contribution is 9.12. The minimum absolute atomic E-state index is 0.498. The van der Waals surface area contributed by atoms with Gasteiger partial charge in [-0.25, -0.2) is 0 Å². The van der Waals surface area contributed by atoms with Gasteiger partial charge in [-0.3, -0.25) is 4.99 Å². The molecule has 0 amide bonds. The fraction of sp³-hybridized carbons (Fsp3) is 0.200. The molecule has 9 heavy (non-hydrogen) atoms. The first-order valence-electron chi connectivity index (χ1n) is 2.38. The molecule has 0 aliphatic carbocycles. The summed E-state index contributed by atoms with van der Waals surface area (Å²) in [6.07, 6.45) is 1.62. The highest BCUT2D eigenvalue weighted by Crippen LogP contribution is 2.08. The molecule has 0 spiro atoms. The van der Waals surface area contributed by atoms with Crippen molar-refractivity contribution in [3.63, 3.8) is 0 Å². The number of allylic oxidation sites excluding steroid dienone is 2. The van der Waals surface area contributed by atoms with E-state index in [4.69, 9.17) is 5.26 Å². The summed E-state index contributed by atoms with van der Waals surface area (Å²) in [6.45, 7) is 0.498. The standard InChI is InChI=1S/C5H4BrN3/c6-4-2-8-3-9-5(4)1-7/h2,9H,3H2. The Morgan fingerprint density at radius 1 is 1.89 bits per heavy atom. The van der Waals surface area contributed by atoms with Crippen LogP contribution in [0.2, 0.25) is 0 Å². The Balaban J connectivity index is 2.88.